The average Bonchev–Trinajstić information content (AvgIpc) is 2.62. The summed E-state index contributed by atoms with van der Waals surface area (Å²) < 4.78 is 1.06. The Morgan fingerprint density at radius 2 is 1.73 bits per heavy atom. The highest BCUT2D eigenvalue weighted by atomic mass is 16.3. The molecule has 132 valence electrons. The fourth-order valence-electron chi connectivity index (χ4n) is 2.61. The van der Waals surface area contributed by atoms with Crippen LogP contribution in [-0.2, 0) is 0 Å². The molecule has 0 aliphatic rings. The first kappa shape index (κ1) is 17.2. The van der Waals surface area contributed by atoms with Crippen LogP contribution in [0.5, 0.6) is 5.88 Å². The standard InChI is InChI=1S/C19H18N4O3/c1-12-8-6-7-11-15(12)23-18(25)16(17(24)20-19(23)26)13(2)21-22-14-9-4-3-5-10-14/h3-11,22,25H,1-2H3,(H,20,24,26). The first-order valence-electron chi connectivity index (χ1n) is 7.99. The number of nitrogens with one attached hydrogen (secondary N) is 2. The summed E-state index contributed by atoms with van der Waals surface area (Å²) >= 11 is 0. The van der Waals surface area contributed by atoms with Gasteiger partial charge >= 0.3 is 5.69 Å². The molecule has 2 aromatic carbocycles. The maximum Gasteiger partial charge on any atom is 0.335 e. The molecule has 7 nitrogen and oxygen atoms in total. The lowest BCUT2D eigenvalue weighted by molar-refractivity contribution is 0.429. The predicted molar refractivity (Wildman–Crippen MR) is 101 cm³/mol. The lowest BCUT2D eigenvalue weighted by Crippen LogP contribution is -2.33. The largest absolute Gasteiger partial charge is 0.493 e. The van der Waals surface area contributed by atoms with Gasteiger partial charge in [-0.25, -0.2) is 9.36 Å². The molecule has 1 heterocycles. The van der Waals surface area contributed by atoms with Crippen LogP contribution in [0.1, 0.15) is 18.1 Å². The molecule has 0 unspecified atom stereocenters. The number of anilines is 1. The average molecular weight is 350 g/mol. The minimum atomic E-state index is -0.714. The van der Waals surface area contributed by atoms with E-state index in [1.165, 1.54) is 0 Å². The van der Waals surface area contributed by atoms with Crippen molar-refractivity contribution in [2.24, 2.45) is 5.10 Å². The molecule has 0 aliphatic carbocycles. The zero-order valence-corrected chi connectivity index (χ0v) is 14.4. The second kappa shape index (κ2) is 7.10. The number of aromatic hydroxyl groups is 1. The summed E-state index contributed by atoms with van der Waals surface area (Å²) in [6.07, 6.45) is 0. The molecule has 0 amide bonds. The summed E-state index contributed by atoms with van der Waals surface area (Å²) in [5.41, 5.74) is 3.57. The Kier molecular flexibility index (Phi) is 4.70. The van der Waals surface area contributed by atoms with Crippen molar-refractivity contribution in [2.75, 3.05) is 5.43 Å². The van der Waals surface area contributed by atoms with E-state index in [4.69, 9.17) is 0 Å². The molecule has 26 heavy (non-hydrogen) atoms. The number of rotatable bonds is 4. The molecule has 0 atom stereocenters. The van der Waals surface area contributed by atoms with Gasteiger partial charge < -0.3 is 5.11 Å². The fourth-order valence-corrected chi connectivity index (χ4v) is 2.61. The third kappa shape index (κ3) is 3.27. The molecule has 0 aliphatic heterocycles. The van der Waals surface area contributed by atoms with Crippen LogP contribution >= 0.6 is 0 Å². The summed E-state index contributed by atoms with van der Waals surface area (Å²) in [6, 6.07) is 16.3. The van der Waals surface area contributed by atoms with Crippen molar-refractivity contribution in [2.45, 2.75) is 13.8 Å². The summed E-state index contributed by atoms with van der Waals surface area (Å²) in [5.74, 6) is -0.454. The van der Waals surface area contributed by atoms with E-state index in [-0.39, 0.29) is 11.3 Å². The number of hydrazone groups is 1. The fraction of sp³-hybridized carbons (Fsp3) is 0.105. The second-order valence-corrected chi connectivity index (χ2v) is 5.75. The van der Waals surface area contributed by atoms with Gasteiger partial charge in [-0.05, 0) is 37.6 Å². The van der Waals surface area contributed by atoms with Crippen LogP contribution in [-0.4, -0.2) is 20.4 Å². The van der Waals surface area contributed by atoms with Gasteiger partial charge in [0.2, 0.25) is 5.88 Å². The Morgan fingerprint density at radius 3 is 2.42 bits per heavy atom. The maximum absolute atomic E-state index is 12.3. The van der Waals surface area contributed by atoms with E-state index in [1.54, 1.807) is 19.1 Å². The molecule has 7 heteroatoms. The van der Waals surface area contributed by atoms with Crippen LogP contribution in [0.2, 0.25) is 0 Å². The third-order valence-electron chi connectivity index (χ3n) is 3.93. The summed E-state index contributed by atoms with van der Waals surface area (Å²) in [4.78, 5) is 26.7. The molecule has 0 saturated heterocycles. The number of nitrogens with zero attached hydrogens (tertiary/aromatic N) is 2. The number of hydrogen-bond donors (Lipinski definition) is 3. The SMILES string of the molecule is CC(=NNc1ccccc1)c1c(O)n(-c2ccccc2C)c(=O)[nH]c1=O. The molecule has 0 bridgehead atoms. The molecule has 0 saturated carbocycles. The van der Waals surface area contributed by atoms with Crippen LogP contribution in [0.3, 0.4) is 0 Å². The van der Waals surface area contributed by atoms with Crippen molar-refractivity contribution >= 4 is 11.4 Å². The van der Waals surface area contributed by atoms with E-state index in [2.05, 4.69) is 15.5 Å². The topological polar surface area (TPSA) is 99.5 Å². The predicted octanol–water partition coefficient (Wildman–Crippen LogP) is 2.38. The van der Waals surface area contributed by atoms with Crippen molar-refractivity contribution in [3.63, 3.8) is 0 Å². The Morgan fingerprint density at radius 1 is 1.08 bits per heavy atom. The molecule has 3 rings (SSSR count). The summed E-state index contributed by atoms with van der Waals surface area (Å²) in [5, 5.41) is 14.8. The van der Waals surface area contributed by atoms with Gasteiger partial charge in [0.1, 0.15) is 5.56 Å². The molecule has 3 N–H and O–H groups in total. The third-order valence-corrected chi connectivity index (χ3v) is 3.93. The van der Waals surface area contributed by atoms with Gasteiger partial charge in [0, 0.05) is 0 Å². The van der Waals surface area contributed by atoms with E-state index in [0.29, 0.717) is 5.69 Å². The first-order chi connectivity index (χ1) is 12.5. The Labute approximate surface area is 149 Å². The zero-order valence-electron chi connectivity index (χ0n) is 14.4. The van der Waals surface area contributed by atoms with E-state index in [1.807, 2.05) is 49.4 Å². The molecule has 0 spiro atoms. The smallest absolute Gasteiger partial charge is 0.335 e. The molecular formula is C19H18N4O3. The van der Waals surface area contributed by atoms with Gasteiger partial charge in [0.05, 0.1) is 17.1 Å². The van der Waals surface area contributed by atoms with Crippen LogP contribution in [0.15, 0.2) is 69.3 Å². The minimum Gasteiger partial charge on any atom is -0.493 e. The normalized spacial score (nSPS) is 11.4. The van der Waals surface area contributed by atoms with Crippen LogP contribution in [0.4, 0.5) is 5.69 Å². The molecule has 1 aromatic heterocycles. The Balaban J connectivity index is 2.11. The van der Waals surface area contributed by atoms with Crippen molar-refractivity contribution in [1.82, 2.24) is 9.55 Å². The van der Waals surface area contributed by atoms with Crippen molar-refractivity contribution in [3.05, 3.63) is 86.6 Å². The van der Waals surface area contributed by atoms with Gasteiger partial charge in [-0.2, -0.15) is 5.10 Å². The number of aryl methyl sites for hydroxylation is 1. The first-order valence-corrected chi connectivity index (χ1v) is 7.99. The molecule has 0 radical (unpaired) electrons. The highest BCUT2D eigenvalue weighted by molar-refractivity contribution is 6.00. The number of para-hydroxylation sites is 2. The number of hydrogen-bond acceptors (Lipinski definition) is 5. The number of benzene rings is 2. The highest BCUT2D eigenvalue weighted by Crippen LogP contribution is 2.19. The number of aromatic amines is 1. The van der Waals surface area contributed by atoms with Crippen molar-refractivity contribution in [3.8, 4) is 11.6 Å². The number of aromatic nitrogens is 2. The lowest BCUT2D eigenvalue weighted by atomic mass is 10.1. The van der Waals surface area contributed by atoms with Crippen LogP contribution < -0.4 is 16.7 Å². The van der Waals surface area contributed by atoms with E-state index in [0.717, 1.165) is 15.8 Å². The lowest BCUT2D eigenvalue weighted by Gasteiger charge is -2.13. The quantitative estimate of drug-likeness (QED) is 0.497. The van der Waals surface area contributed by atoms with Gasteiger partial charge in [0.15, 0.2) is 0 Å². The van der Waals surface area contributed by atoms with Crippen LogP contribution in [0.25, 0.3) is 5.69 Å². The summed E-state index contributed by atoms with van der Waals surface area (Å²) in [6.45, 7) is 3.39. The van der Waals surface area contributed by atoms with E-state index in [9.17, 15) is 14.7 Å². The minimum absolute atomic E-state index is 0.0729. The Hall–Kier alpha value is -3.61. The van der Waals surface area contributed by atoms with Crippen molar-refractivity contribution in [1.29, 1.82) is 0 Å². The zero-order chi connectivity index (χ0) is 18.7. The molecular weight excluding hydrogens is 332 g/mol. The molecule has 3 aromatic rings. The van der Waals surface area contributed by atoms with Gasteiger partial charge in [-0.15, -0.1) is 0 Å². The monoisotopic (exact) mass is 350 g/mol. The second-order valence-electron chi connectivity index (χ2n) is 5.75. The van der Waals surface area contributed by atoms with Gasteiger partial charge in [-0.3, -0.25) is 15.2 Å². The number of H-pyrrole nitrogens is 1. The van der Waals surface area contributed by atoms with Crippen molar-refractivity contribution < 1.29 is 5.11 Å². The van der Waals surface area contributed by atoms with Gasteiger partial charge in [0.25, 0.3) is 5.56 Å². The highest BCUT2D eigenvalue weighted by Gasteiger charge is 2.18. The Bertz CT molecular complexity index is 1080. The van der Waals surface area contributed by atoms with E-state index >= 15 is 0 Å². The summed E-state index contributed by atoms with van der Waals surface area (Å²) in [7, 11) is 0. The van der Waals surface area contributed by atoms with E-state index < -0.39 is 17.1 Å². The van der Waals surface area contributed by atoms with Gasteiger partial charge in [-0.1, -0.05) is 36.4 Å². The maximum atomic E-state index is 12.3. The van der Waals surface area contributed by atoms with Crippen LogP contribution in [0, 0.1) is 6.92 Å². The molecule has 0 fully saturated rings.